The van der Waals surface area contributed by atoms with E-state index in [9.17, 15) is 8.42 Å². The number of rotatable bonds is 5. The largest absolute Gasteiger partial charge is 0.456 e. The van der Waals surface area contributed by atoms with Gasteiger partial charge in [0.2, 0.25) is 0 Å². The van der Waals surface area contributed by atoms with Crippen LogP contribution in [0.5, 0.6) is 0 Å². The van der Waals surface area contributed by atoms with Crippen LogP contribution in [0.25, 0.3) is 0 Å². The number of hydrogen-bond acceptors (Lipinski definition) is 3. The van der Waals surface area contributed by atoms with Crippen LogP contribution in [-0.2, 0) is 10.0 Å². The lowest BCUT2D eigenvalue weighted by molar-refractivity contribution is 0.463. The van der Waals surface area contributed by atoms with Crippen molar-refractivity contribution >= 4 is 10.0 Å². The molecule has 0 unspecified atom stereocenters. The van der Waals surface area contributed by atoms with Gasteiger partial charge in [0, 0.05) is 19.2 Å². The van der Waals surface area contributed by atoms with Crippen molar-refractivity contribution in [1.82, 2.24) is 4.31 Å². The molecule has 26 heavy (non-hydrogen) atoms. The zero-order valence-electron chi connectivity index (χ0n) is 14.9. The molecule has 136 valence electrons. The molecule has 0 bridgehead atoms. The summed E-state index contributed by atoms with van der Waals surface area (Å²) in [4.78, 5) is 0.352. The molecule has 0 N–H and O–H groups in total. The SMILES string of the molecule is Cc1ccc(S(=O)(=O)N2C=C(CCCC#Cc3ccco3)CCC2)cc1. The van der Waals surface area contributed by atoms with Gasteiger partial charge in [-0.15, -0.1) is 0 Å². The maximum atomic E-state index is 12.8. The summed E-state index contributed by atoms with van der Waals surface area (Å²) in [6.07, 6.45) is 7.78. The van der Waals surface area contributed by atoms with Gasteiger partial charge in [0.1, 0.15) is 0 Å². The van der Waals surface area contributed by atoms with Crippen LogP contribution in [0.15, 0.2) is 63.7 Å². The van der Waals surface area contributed by atoms with Crippen LogP contribution in [0.1, 0.15) is 43.4 Å². The Morgan fingerprint density at radius 3 is 2.73 bits per heavy atom. The minimum atomic E-state index is -3.46. The molecule has 0 radical (unpaired) electrons. The lowest BCUT2D eigenvalue weighted by Gasteiger charge is -2.26. The van der Waals surface area contributed by atoms with Crippen LogP contribution in [0, 0.1) is 18.8 Å². The van der Waals surface area contributed by atoms with Gasteiger partial charge in [0.25, 0.3) is 10.0 Å². The molecule has 0 spiro atoms. The number of unbranched alkanes of at least 4 members (excludes halogenated alkanes) is 1. The lowest BCUT2D eigenvalue weighted by atomic mass is 10.0. The Labute approximate surface area is 155 Å². The number of allylic oxidation sites excluding steroid dienone is 1. The van der Waals surface area contributed by atoms with Crippen molar-refractivity contribution in [2.45, 2.75) is 43.9 Å². The van der Waals surface area contributed by atoms with E-state index >= 15 is 0 Å². The summed E-state index contributed by atoms with van der Waals surface area (Å²) < 4.78 is 32.3. The fraction of sp³-hybridized carbons (Fsp3) is 0.333. The number of sulfonamides is 1. The maximum absolute atomic E-state index is 12.8. The highest BCUT2D eigenvalue weighted by Crippen LogP contribution is 2.25. The molecule has 0 saturated carbocycles. The van der Waals surface area contributed by atoms with Gasteiger partial charge in [-0.3, -0.25) is 4.31 Å². The Bertz CT molecular complexity index is 914. The number of benzene rings is 1. The van der Waals surface area contributed by atoms with Crippen molar-refractivity contribution < 1.29 is 12.8 Å². The van der Waals surface area contributed by atoms with E-state index in [1.54, 1.807) is 18.4 Å². The van der Waals surface area contributed by atoms with E-state index in [0.717, 1.165) is 37.7 Å². The highest BCUT2D eigenvalue weighted by Gasteiger charge is 2.24. The maximum Gasteiger partial charge on any atom is 0.263 e. The third-order valence-corrected chi connectivity index (χ3v) is 6.14. The number of aryl methyl sites for hydroxylation is 1. The molecule has 1 aliphatic rings. The number of furan rings is 1. The molecule has 5 heteroatoms. The Balaban J connectivity index is 1.60. The molecule has 4 nitrogen and oxygen atoms in total. The smallest absolute Gasteiger partial charge is 0.263 e. The first-order valence-electron chi connectivity index (χ1n) is 8.86. The first-order chi connectivity index (χ1) is 12.6. The molecule has 1 aromatic heterocycles. The fourth-order valence-corrected chi connectivity index (χ4v) is 4.33. The van der Waals surface area contributed by atoms with Gasteiger partial charge in [0.05, 0.1) is 11.2 Å². The zero-order chi connectivity index (χ0) is 18.4. The van der Waals surface area contributed by atoms with Crippen LogP contribution < -0.4 is 0 Å². The van der Waals surface area contributed by atoms with Gasteiger partial charge < -0.3 is 4.42 Å². The quantitative estimate of drug-likeness (QED) is 0.577. The van der Waals surface area contributed by atoms with E-state index in [0.29, 0.717) is 17.2 Å². The van der Waals surface area contributed by atoms with Crippen LogP contribution >= 0.6 is 0 Å². The third-order valence-electron chi connectivity index (χ3n) is 4.36. The Morgan fingerprint density at radius 1 is 1.19 bits per heavy atom. The summed E-state index contributed by atoms with van der Waals surface area (Å²) in [7, 11) is -3.46. The lowest BCUT2D eigenvalue weighted by Crippen LogP contribution is -2.30. The van der Waals surface area contributed by atoms with Crippen molar-refractivity contribution in [3.05, 3.63) is 65.8 Å². The van der Waals surface area contributed by atoms with Gasteiger partial charge >= 0.3 is 0 Å². The van der Waals surface area contributed by atoms with E-state index in [1.807, 2.05) is 37.4 Å². The van der Waals surface area contributed by atoms with Gasteiger partial charge in [0.15, 0.2) is 5.76 Å². The second-order valence-electron chi connectivity index (χ2n) is 6.45. The second kappa shape index (κ2) is 8.29. The summed E-state index contributed by atoms with van der Waals surface area (Å²) in [5.74, 6) is 6.75. The van der Waals surface area contributed by atoms with Gasteiger partial charge in [-0.05, 0) is 62.8 Å². The average Bonchev–Trinajstić information content (AvgIpc) is 3.15. The van der Waals surface area contributed by atoms with Crippen LogP contribution in [0.3, 0.4) is 0 Å². The Morgan fingerprint density at radius 2 is 2.00 bits per heavy atom. The van der Waals surface area contributed by atoms with Crippen molar-refractivity contribution in [3.63, 3.8) is 0 Å². The molecule has 0 aliphatic carbocycles. The summed E-state index contributed by atoms with van der Waals surface area (Å²) in [5, 5.41) is 0. The molecular formula is C21H23NO3S. The highest BCUT2D eigenvalue weighted by atomic mass is 32.2. The molecule has 2 aromatic rings. The monoisotopic (exact) mass is 369 g/mol. The summed E-state index contributed by atoms with van der Waals surface area (Å²) in [5.41, 5.74) is 2.22. The van der Waals surface area contributed by atoms with E-state index in [4.69, 9.17) is 4.42 Å². The fourth-order valence-electron chi connectivity index (χ4n) is 2.92. The Hall–Kier alpha value is -2.45. The minimum absolute atomic E-state index is 0.352. The predicted molar refractivity (Wildman–Crippen MR) is 102 cm³/mol. The van der Waals surface area contributed by atoms with E-state index in [1.165, 1.54) is 9.88 Å². The Kier molecular flexibility index (Phi) is 5.85. The van der Waals surface area contributed by atoms with Crippen molar-refractivity contribution in [2.75, 3.05) is 6.54 Å². The molecule has 0 amide bonds. The molecule has 1 aliphatic heterocycles. The predicted octanol–water partition coefficient (Wildman–Crippen LogP) is 4.48. The van der Waals surface area contributed by atoms with Gasteiger partial charge in [-0.25, -0.2) is 8.42 Å². The van der Waals surface area contributed by atoms with E-state index < -0.39 is 10.0 Å². The first-order valence-corrected chi connectivity index (χ1v) is 10.3. The van der Waals surface area contributed by atoms with Crippen molar-refractivity contribution in [2.24, 2.45) is 0 Å². The molecular weight excluding hydrogens is 346 g/mol. The molecule has 0 fully saturated rings. The normalized spacial score (nSPS) is 14.5. The summed E-state index contributed by atoms with van der Waals surface area (Å²) in [6.45, 7) is 2.49. The standard InChI is InChI=1S/C21H23NO3S/c1-18-11-13-21(14-12-18)26(23,24)22-15-5-8-19(17-22)7-3-2-4-9-20-10-6-16-25-20/h6,10-14,16-17H,2-3,5,7-8,15H2,1H3. The highest BCUT2D eigenvalue weighted by molar-refractivity contribution is 7.89. The number of nitrogens with zero attached hydrogens (tertiary/aromatic N) is 1. The van der Waals surface area contributed by atoms with Gasteiger partial charge in [-0.2, -0.15) is 0 Å². The summed E-state index contributed by atoms with van der Waals surface area (Å²) >= 11 is 0. The number of hydrogen-bond donors (Lipinski definition) is 0. The van der Waals surface area contributed by atoms with E-state index in [-0.39, 0.29) is 0 Å². The summed E-state index contributed by atoms with van der Waals surface area (Å²) in [6, 6.07) is 10.7. The van der Waals surface area contributed by atoms with Crippen LogP contribution in [0.2, 0.25) is 0 Å². The third kappa shape index (κ3) is 4.59. The van der Waals surface area contributed by atoms with Gasteiger partial charge in [-0.1, -0.05) is 29.2 Å². The van der Waals surface area contributed by atoms with Crippen LogP contribution in [0.4, 0.5) is 0 Å². The topological polar surface area (TPSA) is 50.5 Å². The second-order valence-corrected chi connectivity index (χ2v) is 8.34. The average molecular weight is 369 g/mol. The van der Waals surface area contributed by atoms with Crippen molar-refractivity contribution in [3.8, 4) is 11.8 Å². The van der Waals surface area contributed by atoms with E-state index in [2.05, 4.69) is 11.8 Å². The molecule has 0 atom stereocenters. The molecule has 1 aromatic carbocycles. The molecule has 3 rings (SSSR count). The molecule has 0 saturated heterocycles. The van der Waals surface area contributed by atoms with Crippen LogP contribution in [-0.4, -0.2) is 19.3 Å². The first kappa shape index (κ1) is 18.3. The van der Waals surface area contributed by atoms with Crippen molar-refractivity contribution in [1.29, 1.82) is 0 Å². The minimum Gasteiger partial charge on any atom is -0.456 e. The molecule has 2 heterocycles. The zero-order valence-corrected chi connectivity index (χ0v) is 15.8.